The Bertz CT molecular complexity index is 2050. The summed E-state index contributed by atoms with van der Waals surface area (Å²) < 4.78 is 36.0. The molecule has 5 aliphatic rings. The lowest BCUT2D eigenvalue weighted by atomic mass is 9.68. The molecule has 2 aliphatic heterocycles. The standard InChI is InChI=1S/C41H52N6O5S/c1-26-10-14-34-28(17-26)8-6-16-41(34)24-47-22-30-11-13-32(30)37(51-4)9-5-7-27(2)23-53(50,44-39(48)29-12-15-38(52-25-41)36(47)18-29)45-40(49)43-35-19-33(35)31-20-42-46(3)21-31/h5,9-10,12,14-15,17-18,20-21,27,30,32-33,35,37H,6-8,11,13,16,19,22-25H2,1-4H3,(H2,43,44,45,48,49,50)/b9-5+/t27-,30-,32+,33-,35+,37-,41-,53-/m0/s1. The number of carbonyl (C=O) groups is 2. The molecule has 2 N–H and O–H groups in total. The normalized spacial score (nSPS) is 32.9. The number of ether oxygens (including phenoxy) is 2. The number of benzene rings is 2. The molecular weight excluding hydrogens is 689 g/mol. The zero-order valence-electron chi connectivity index (χ0n) is 31.3. The molecule has 0 saturated heterocycles. The van der Waals surface area contributed by atoms with Gasteiger partial charge >= 0.3 is 6.03 Å². The Morgan fingerprint density at radius 1 is 1.17 bits per heavy atom. The van der Waals surface area contributed by atoms with E-state index in [9.17, 15) is 13.8 Å². The lowest BCUT2D eigenvalue weighted by Crippen LogP contribution is -2.49. The van der Waals surface area contributed by atoms with E-state index in [0.717, 1.165) is 68.6 Å². The number of carbonyl (C=O) groups excluding carboxylic acids is 2. The van der Waals surface area contributed by atoms with Crippen molar-refractivity contribution in [2.45, 2.75) is 82.3 Å². The van der Waals surface area contributed by atoms with Crippen LogP contribution in [0.15, 0.2) is 65.3 Å². The molecule has 0 unspecified atom stereocenters. The minimum absolute atomic E-state index is 0.0263. The van der Waals surface area contributed by atoms with Crippen molar-refractivity contribution in [3.8, 4) is 5.75 Å². The summed E-state index contributed by atoms with van der Waals surface area (Å²) in [5.74, 6) is 0.925. The molecule has 8 atom stereocenters. The highest BCUT2D eigenvalue weighted by Crippen LogP contribution is 2.47. The smallest absolute Gasteiger partial charge is 0.327 e. The van der Waals surface area contributed by atoms with Gasteiger partial charge in [-0.2, -0.15) is 5.10 Å². The fourth-order valence-electron chi connectivity index (χ4n) is 9.22. The first-order chi connectivity index (χ1) is 25.5. The van der Waals surface area contributed by atoms with Crippen LogP contribution in [0.3, 0.4) is 0 Å². The summed E-state index contributed by atoms with van der Waals surface area (Å²) in [6, 6.07) is 11.6. The van der Waals surface area contributed by atoms with E-state index in [1.54, 1.807) is 24.1 Å². The topological polar surface area (TPSA) is 127 Å². The first-order valence-electron chi connectivity index (χ1n) is 19.2. The summed E-state index contributed by atoms with van der Waals surface area (Å²) >= 11 is 0. The van der Waals surface area contributed by atoms with E-state index >= 15 is 0 Å². The summed E-state index contributed by atoms with van der Waals surface area (Å²) in [5.41, 5.74) is 6.05. The van der Waals surface area contributed by atoms with Gasteiger partial charge < -0.3 is 19.7 Å². The number of rotatable bonds is 4. The van der Waals surface area contributed by atoms with Crippen molar-refractivity contribution in [3.05, 3.63) is 88.8 Å². The fourth-order valence-corrected chi connectivity index (χ4v) is 11.1. The summed E-state index contributed by atoms with van der Waals surface area (Å²) in [4.78, 5) is 29.8. The largest absolute Gasteiger partial charge is 0.490 e. The van der Waals surface area contributed by atoms with E-state index in [-0.39, 0.29) is 35.1 Å². The molecule has 282 valence electrons. The van der Waals surface area contributed by atoms with Gasteiger partial charge in [0.25, 0.3) is 5.91 Å². The molecule has 2 aromatic carbocycles. The van der Waals surface area contributed by atoms with Crippen LogP contribution >= 0.6 is 0 Å². The van der Waals surface area contributed by atoms with Gasteiger partial charge in [0.2, 0.25) is 0 Å². The number of hydrogen-bond donors (Lipinski definition) is 2. The summed E-state index contributed by atoms with van der Waals surface area (Å²) in [6.07, 6.45) is 14.7. The van der Waals surface area contributed by atoms with Crippen LogP contribution < -0.4 is 19.7 Å². The van der Waals surface area contributed by atoms with Crippen molar-refractivity contribution in [3.63, 3.8) is 0 Å². The first-order valence-corrected chi connectivity index (χ1v) is 20.9. The Labute approximate surface area is 313 Å². The van der Waals surface area contributed by atoms with Gasteiger partial charge in [0.05, 0.1) is 30.3 Å². The molecule has 11 nitrogen and oxygen atoms in total. The molecule has 0 radical (unpaired) electrons. The maximum atomic E-state index is 14.6. The van der Waals surface area contributed by atoms with E-state index in [2.05, 4.69) is 61.7 Å². The van der Waals surface area contributed by atoms with Crippen LogP contribution in [0.25, 0.3) is 0 Å². The Morgan fingerprint density at radius 3 is 2.81 bits per heavy atom. The zero-order valence-corrected chi connectivity index (χ0v) is 32.1. The molecule has 3 aliphatic carbocycles. The highest BCUT2D eigenvalue weighted by Gasteiger charge is 2.45. The van der Waals surface area contributed by atoms with Gasteiger partial charge in [-0.15, -0.1) is 4.36 Å². The quantitative estimate of drug-likeness (QED) is 0.305. The summed E-state index contributed by atoms with van der Waals surface area (Å²) in [6.45, 7) is 6.25. The van der Waals surface area contributed by atoms with E-state index in [4.69, 9.17) is 9.47 Å². The van der Waals surface area contributed by atoms with Gasteiger partial charge in [-0.3, -0.25) is 14.2 Å². The summed E-state index contributed by atoms with van der Waals surface area (Å²) in [7, 11) is 0.138. The van der Waals surface area contributed by atoms with Gasteiger partial charge in [-0.25, -0.2) is 9.00 Å². The van der Waals surface area contributed by atoms with Crippen LogP contribution in [0, 0.1) is 24.7 Å². The first kappa shape index (κ1) is 35.8. The number of allylic oxidation sites excluding steroid dienone is 1. The third-order valence-corrected chi connectivity index (χ3v) is 14.2. The van der Waals surface area contributed by atoms with Crippen LogP contribution in [0.5, 0.6) is 5.75 Å². The molecule has 53 heavy (non-hydrogen) atoms. The van der Waals surface area contributed by atoms with Crippen molar-refractivity contribution in [1.82, 2.24) is 19.8 Å². The molecule has 2 bridgehead atoms. The zero-order chi connectivity index (χ0) is 36.9. The highest BCUT2D eigenvalue weighted by atomic mass is 32.2. The molecule has 8 rings (SSSR count). The number of urea groups is 1. The molecule has 1 spiro atoms. The van der Waals surface area contributed by atoms with Crippen LogP contribution in [0.1, 0.15) is 84.0 Å². The number of aromatic nitrogens is 2. The van der Waals surface area contributed by atoms with Gasteiger partial charge in [-0.05, 0) is 105 Å². The maximum absolute atomic E-state index is 14.6. The van der Waals surface area contributed by atoms with E-state index < -0.39 is 21.9 Å². The van der Waals surface area contributed by atoms with E-state index in [1.165, 1.54) is 16.7 Å². The monoisotopic (exact) mass is 740 g/mol. The predicted molar refractivity (Wildman–Crippen MR) is 206 cm³/mol. The third kappa shape index (κ3) is 7.36. The Morgan fingerprint density at radius 2 is 2.04 bits per heavy atom. The van der Waals surface area contributed by atoms with Crippen LogP contribution in [-0.4, -0.2) is 70.6 Å². The fraction of sp³-hybridized carbons (Fsp3) is 0.537. The van der Waals surface area contributed by atoms with Crippen molar-refractivity contribution < 1.29 is 23.3 Å². The molecule has 3 aromatic rings. The lowest BCUT2D eigenvalue weighted by Gasteiger charge is -2.46. The molecule has 1 aromatic heterocycles. The minimum Gasteiger partial charge on any atom is -0.490 e. The summed E-state index contributed by atoms with van der Waals surface area (Å²) in [5, 5.41) is 7.19. The lowest BCUT2D eigenvalue weighted by molar-refractivity contribution is 0.0131. The number of methoxy groups -OCH3 is 1. The predicted octanol–water partition coefficient (Wildman–Crippen LogP) is 6.22. The van der Waals surface area contributed by atoms with Crippen molar-refractivity contribution in [2.24, 2.45) is 29.2 Å². The minimum atomic E-state index is -3.50. The molecule has 3 amide bonds. The van der Waals surface area contributed by atoms with Gasteiger partial charge in [0, 0.05) is 56.4 Å². The SMILES string of the molecule is CO[C@H]1/C=C/C[C@H](C)C[S@@](=O)(NC(=O)N[C@@H]2C[C@H]2c2cnn(C)c2)=NC(=O)c2ccc3c(c2)N(C[C@@H]2CC[C@H]21)C[C@@]1(CCCc2cc(C)ccc21)CO3. The molecule has 2 fully saturated rings. The second-order valence-electron chi connectivity index (χ2n) is 16.3. The average Bonchev–Trinajstić information content (AvgIpc) is 3.76. The number of amides is 3. The van der Waals surface area contributed by atoms with Crippen molar-refractivity contribution in [2.75, 3.05) is 37.5 Å². The molecule has 12 heteroatoms. The second-order valence-corrected chi connectivity index (χ2v) is 18.3. The highest BCUT2D eigenvalue weighted by molar-refractivity contribution is 7.92. The number of hydrogen-bond acceptors (Lipinski definition) is 7. The van der Waals surface area contributed by atoms with E-state index in [1.807, 2.05) is 32.3 Å². The van der Waals surface area contributed by atoms with Crippen LogP contribution in [0.4, 0.5) is 10.5 Å². The number of anilines is 1. The molecule has 2 saturated carbocycles. The number of nitrogens with zero attached hydrogens (tertiary/aromatic N) is 4. The van der Waals surface area contributed by atoms with Gasteiger partial charge in [-0.1, -0.05) is 42.8 Å². The number of nitrogens with one attached hydrogen (secondary N) is 2. The molecule has 3 heterocycles. The maximum Gasteiger partial charge on any atom is 0.327 e. The second kappa shape index (κ2) is 14.2. The van der Waals surface area contributed by atoms with Gasteiger partial charge in [0.15, 0.2) is 0 Å². The third-order valence-electron chi connectivity index (χ3n) is 12.2. The average molecular weight is 741 g/mol. The van der Waals surface area contributed by atoms with Crippen molar-refractivity contribution >= 4 is 27.5 Å². The van der Waals surface area contributed by atoms with Crippen LogP contribution in [-0.2, 0) is 33.5 Å². The van der Waals surface area contributed by atoms with E-state index in [0.29, 0.717) is 30.4 Å². The Balaban J connectivity index is 1.13. The Hall–Kier alpha value is -4.16. The molecular formula is C41H52N6O5S. The van der Waals surface area contributed by atoms with Gasteiger partial charge in [0.1, 0.15) is 15.7 Å². The number of fused-ring (bicyclic) bond motifs is 4. The number of aryl methyl sites for hydroxylation is 3. The Kier molecular flexibility index (Phi) is 9.63. The van der Waals surface area contributed by atoms with Crippen molar-refractivity contribution in [1.29, 1.82) is 0 Å². The van der Waals surface area contributed by atoms with Crippen LogP contribution in [0.2, 0.25) is 0 Å².